The van der Waals surface area contributed by atoms with Gasteiger partial charge in [0.2, 0.25) is 10.0 Å². The highest BCUT2D eigenvalue weighted by Crippen LogP contribution is 2.28. The van der Waals surface area contributed by atoms with Crippen LogP contribution in [0.4, 0.5) is 0 Å². The van der Waals surface area contributed by atoms with Crippen molar-refractivity contribution in [2.24, 2.45) is 0 Å². The minimum atomic E-state index is -4.08. The van der Waals surface area contributed by atoms with Crippen molar-refractivity contribution in [3.05, 3.63) is 18.2 Å². The van der Waals surface area contributed by atoms with Gasteiger partial charge >= 0.3 is 0 Å². The molecular formula is C12H17NO7S2. The molecule has 2 rings (SSSR count). The lowest BCUT2D eigenvalue weighted by Crippen LogP contribution is -2.42. The van der Waals surface area contributed by atoms with E-state index in [4.69, 9.17) is 9.47 Å². The fourth-order valence-corrected chi connectivity index (χ4v) is 5.50. The topological polar surface area (TPSA) is 119 Å². The van der Waals surface area contributed by atoms with Gasteiger partial charge in [-0.1, -0.05) is 0 Å². The number of sulfonamides is 1. The second-order valence-corrected chi connectivity index (χ2v) is 8.73. The van der Waals surface area contributed by atoms with Crippen LogP contribution in [0.5, 0.6) is 11.5 Å². The molecule has 1 aromatic rings. The van der Waals surface area contributed by atoms with Gasteiger partial charge in [0.25, 0.3) is 0 Å². The van der Waals surface area contributed by atoms with Crippen molar-refractivity contribution < 1.29 is 31.4 Å². The smallest absolute Gasteiger partial charge is 0.244 e. The van der Waals surface area contributed by atoms with Crippen LogP contribution in [0.15, 0.2) is 23.1 Å². The number of sulfone groups is 1. The predicted molar refractivity (Wildman–Crippen MR) is 78.3 cm³/mol. The van der Waals surface area contributed by atoms with E-state index in [0.717, 1.165) is 0 Å². The maximum absolute atomic E-state index is 12.4. The first-order valence-corrected chi connectivity index (χ1v) is 9.62. The van der Waals surface area contributed by atoms with Crippen molar-refractivity contribution in [2.45, 2.75) is 17.0 Å². The summed E-state index contributed by atoms with van der Waals surface area (Å²) in [6, 6.07) is 3.13. The Morgan fingerprint density at radius 3 is 2.41 bits per heavy atom. The molecule has 0 bridgehead atoms. The van der Waals surface area contributed by atoms with Crippen LogP contribution < -0.4 is 14.2 Å². The minimum absolute atomic E-state index is 0.0867. The van der Waals surface area contributed by atoms with E-state index in [0.29, 0.717) is 5.75 Å². The average Bonchev–Trinajstić information content (AvgIpc) is 2.69. The Morgan fingerprint density at radius 2 is 1.91 bits per heavy atom. The third-order valence-electron chi connectivity index (χ3n) is 3.29. The zero-order valence-electron chi connectivity index (χ0n) is 12.0. The summed E-state index contributed by atoms with van der Waals surface area (Å²) < 4.78 is 60.0. The molecule has 1 heterocycles. The van der Waals surface area contributed by atoms with Gasteiger partial charge in [0.1, 0.15) is 16.4 Å². The molecule has 0 unspecified atom stereocenters. The number of rotatable bonds is 5. The molecule has 1 aliphatic heterocycles. The van der Waals surface area contributed by atoms with E-state index in [2.05, 4.69) is 4.72 Å². The van der Waals surface area contributed by atoms with Gasteiger partial charge < -0.3 is 14.6 Å². The van der Waals surface area contributed by atoms with Crippen LogP contribution >= 0.6 is 0 Å². The average molecular weight is 351 g/mol. The lowest BCUT2D eigenvalue weighted by atomic mass is 10.2. The van der Waals surface area contributed by atoms with Crippen LogP contribution in [-0.4, -0.2) is 59.8 Å². The van der Waals surface area contributed by atoms with Crippen molar-refractivity contribution in [2.75, 3.05) is 25.7 Å². The third kappa shape index (κ3) is 3.51. The van der Waals surface area contributed by atoms with Gasteiger partial charge in [-0.2, -0.15) is 0 Å². The Labute approximate surface area is 129 Å². The summed E-state index contributed by atoms with van der Waals surface area (Å²) in [4.78, 5) is -0.189. The first kappa shape index (κ1) is 17.0. The SMILES string of the molecule is COc1ccc(OC)c(S(=O)(=O)N[C@@H]2CS(=O)(=O)C[C@H]2O)c1. The van der Waals surface area contributed by atoms with Crippen LogP contribution in [-0.2, 0) is 19.9 Å². The molecule has 1 fully saturated rings. The van der Waals surface area contributed by atoms with Crippen LogP contribution in [0.25, 0.3) is 0 Å². The van der Waals surface area contributed by atoms with Gasteiger partial charge in [0.05, 0.1) is 37.9 Å². The number of nitrogens with one attached hydrogen (secondary N) is 1. The van der Waals surface area contributed by atoms with Gasteiger partial charge in [0.15, 0.2) is 9.84 Å². The van der Waals surface area contributed by atoms with E-state index < -0.39 is 43.5 Å². The van der Waals surface area contributed by atoms with Crippen LogP contribution in [0.3, 0.4) is 0 Å². The van der Waals surface area contributed by atoms with Gasteiger partial charge in [-0.05, 0) is 12.1 Å². The molecule has 10 heteroatoms. The highest BCUT2D eigenvalue weighted by atomic mass is 32.2. The molecule has 22 heavy (non-hydrogen) atoms. The minimum Gasteiger partial charge on any atom is -0.497 e. The molecule has 0 amide bonds. The van der Waals surface area contributed by atoms with E-state index in [9.17, 15) is 21.9 Å². The molecule has 1 aromatic carbocycles. The number of benzene rings is 1. The molecule has 2 atom stereocenters. The Morgan fingerprint density at radius 1 is 1.23 bits per heavy atom. The molecule has 0 radical (unpaired) electrons. The van der Waals surface area contributed by atoms with E-state index in [1.54, 1.807) is 0 Å². The molecule has 0 saturated carbocycles. The number of aliphatic hydroxyl groups is 1. The Kier molecular flexibility index (Phi) is 4.66. The molecule has 0 aromatic heterocycles. The molecule has 2 N–H and O–H groups in total. The summed E-state index contributed by atoms with van der Waals surface area (Å²) in [5.74, 6) is -0.515. The molecule has 1 aliphatic rings. The van der Waals surface area contributed by atoms with Crippen molar-refractivity contribution >= 4 is 19.9 Å². The van der Waals surface area contributed by atoms with Gasteiger partial charge in [-0.15, -0.1) is 0 Å². The van der Waals surface area contributed by atoms with Gasteiger partial charge in [-0.25, -0.2) is 21.6 Å². The van der Waals surface area contributed by atoms with Crippen LogP contribution in [0.1, 0.15) is 0 Å². The molecule has 124 valence electrons. The second kappa shape index (κ2) is 6.03. The molecular weight excluding hydrogens is 334 g/mol. The lowest BCUT2D eigenvalue weighted by Gasteiger charge is -2.17. The maximum Gasteiger partial charge on any atom is 0.244 e. The van der Waals surface area contributed by atoms with Crippen molar-refractivity contribution in [1.82, 2.24) is 4.72 Å². The summed E-state index contributed by atoms with van der Waals surface area (Å²) in [6.45, 7) is 0. The second-order valence-electron chi connectivity index (χ2n) is 4.89. The molecule has 0 aliphatic carbocycles. The highest BCUT2D eigenvalue weighted by Gasteiger charge is 2.39. The normalized spacial score (nSPS) is 24.1. The standard InChI is InChI=1S/C12H17NO7S2/c1-19-8-3-4-11(20-2)12(5-8)22(17,18)13-9-6-21(15,16)7-10(9)14/h3-5,9-10,13-14H,6-7H2,1-2H3/t9-,10-/m1/s1. The summed E-state index contributed by atoms with van der Waals surface area (Å²) in [5, 5.41) is 9.70. The molecule has 0 spiro atoms. The fraction of sp³-hybridized carbons (Fsp3) is 0.500. The summed E-state index contributed by atoms with van der Waals surface area (Å²) in [6.07, 6.45) is -1.28. The number of hydrogen-bond donors (Lipinski definition) is 2. The largest absolute Gasteiger partial charge is 0.497 e. The Balaban J connectivity index is 2.35. The predicted octanol–water partition coefficient (Wildman–Crippen LogP) is -0.860. The third-order valence-corrected chi connectivity index (χ3v) is 6.52. The quantitative estimate of drug-likeness (QED) is 0.708. The number of methoxy groups -OCH3 is 2. The molecule has 8 nitrogen and oxygen atoms in total. The fourth-order valence-electron chi connectivity index (χ4n) is 2.20. The Bertz CT molecular complexity index is 758. The van der Waals surface area contributed by atoms with Crippen molar-refractivity contribution in [3.63, 3.8) is 0 Å². The number of aliphatic hydroxyl groups excluding tert-OH is 1. The van der Waals surface area contributed by atoms with Gasteiger partial charge in [-0.3, -0.25) is 0 Å². The number of ether oxygens (including phenoxy) is 2. The molecule has 1 saturated heterocycles. The van der Waals surface area contributed by atoms with Crippen LogP contribution in [0.2, 0.25) is 0 Å². The summed E-state index contributed by atoms with van der Waals surface area (Å²) in [5.41, 5.74) is 0. The highest BCUT2D eigenvalue weighted by molar-refractivity contribution is 7.92. The summed E-state index contributed by atoms with van der Waals surface area (Å²) in [7, 11) is -4.84. The van der Waals surface area contributed by atoms with E-state index in [1.807, 2.05) is 0 Å². The monoisotopic (exact) mass is 351 g/mol. The van der Waals surface area contributed by atoms with Crippen molar-refractivity contribution in [1.29, 1.82) is 0 Å². The van der Waals surface area contributed by atoms with Crippen molar-refractivity contribution in [3.8, 4) is 11.5 Å². The van der Waals surface area contributed by atoms with E-state index in [1.165, 1.54) is 32.4 Å². The zero-order chi connectivity index (χ0) is 16.5. The maximum atomic E-state index is 12.4. The summed E-state index contributed by atoms with van der Waals surface area (Å²) >= 11 is 0. The van der Waals surface area contributed by atoms with E-state index >= 15 is 0 Å². The van der Waals surface area contributed by atoms with Gasteiger partial charge in [0, 0.05) is 6.07 Å². The number of hydrogen-bond acceptors (Lipinski definition) is 7. The first-order valence-electron chi connectivity index (χ1n) is 6.31. The lowest BCUT2D eigenvalue weighted by molar-refractivity contribution is 0.176. The Hall–Kier alpha value is -1.36. The van der Waals surface area contributed by atoms with E-state index in [-0.39, 0.29) is 10.6 Å². The zero-order valence-corrected chi connectivity index (χ0v) is 13.6. The van der Waals surface area contributed by atoms with Crippen LogP contribution in [0, 0.1) is 0 Å². The first-order chi connectivity index (χ1) is 10.2.